The zero-order valence-electron chi connectivity index (χ0n) is 24.4. The molecule has 15 heteroatoms. The van der Waals surface area contributed by atoms with Crippen LogP contribution in [0.4, 0.5) is 13.2 Å². The molecule has 0 aliphatic heterocycles. The van der Waals surface area contributed by atoms with Gasteiger partial charge < -0.3 is 35.2 Å². The van der Waals surface area contributed by atoms with E-state index in [1.165, 1.54) is 0 Å². The molecule has 0 radical (unpaired) electrons. The molecule has 0 spiro atoms. The monoisotopic (exact) mass is 628 g/mol. The maximum absolute atomic E-state index is 12.1. The zero-order chi connectivity index (χ0) is 32.6. The number of carboxylic acids is 1. The number of aryl methyl sites for hydroxylation is 1. The Hall–Kier alpha value is -4.92. The fraction of sp³-hybridized carbons (Fsp3) is 0.367. The Labute approximate surface area is 254 Å². The van der Waals surface area contributed by atoms with Crippen LogP contribution in [0.3, 0.4) is 0 Å². The molecule has 12 nitrogen and oxygen atoms in total. The van der Waals surface area contributed by atoms with Crippen LogP contribution in [0.1, 0.15) is 43.6 Å². The Morgan fingerprint density at radius 1 is 1.07 bits per heavy atom. The van der Waals surface area contributed by atoms with Gasteiger partial charge in [-0.3, -0.25) is 9.59 Å². The lowest BCUT2D eigenvalue weighted by Gasteiger charge is -2.13. The van der Waals surface area contributed by atoms with Crippen LogP contribution in [0.25, 0.3) is 28.2 Å². The van der Waals surface area contributed by atoms with E-state index in [1.54, 1.807) is 14.0 Å². The number of methoxy groups -OCH3 is 1. The van der Waals surface area contributed by atoms with Gasteiger partial charge in [-0.05, 0) is 67.6 Å². The number of benzene rings is 2. The highest BCUT2D eigenvalue weighted by Gasteiger charge is 2.52. The first-order chi connectivity index (χ1) is 21.2. The first-order valence-corrected chi connectivity index (χ1v) is 14.0. The number of nitrogens with zero attached hydrogens (tertiary/aromatic N) is 3. The Morgan fingerprint density at radius 2 is 1.76 bits per heavy atom. The third kappa shape index (κ3) is 7.25. The molecule has 0 unspecified atom stereocenters. The van der Waals surface area contributed by atoms with E-state index in [9.17, 15) is 27.6 Å². The van der Waals surface area contributed by atoms with Crippen LogP contribution in [0, 0.1) is 6.92 Å². The van der Waals surface area contributed by atoms with Crippen molar-refractivity contribution in [1.29, 1.82) is 0 Å². The predicted molar refractivity (Wildman–Crippen MR) is 154 cm³/mol. The molecule has 0 atom stereocenters. The number of nitrogens with two attached hydrogens (primary N) is 1. The van der Waals surface area contributed by atoms with Gasteiger partial charge in [0.25, 0.3) is 5.89 Å². The molecule has 0 bridgehead atoms. The van der Waals surface area contributed by atoms with Gasteiger partial charge in [0, 0.05) is 24.5 Å². The van der Waals surface area contributed by atoms with Gasteiger partial charge in [-0.2, -0.15) is 13.2 Å². The van der Waals surface area contributed by atoms with Gasteiger partial charge in [-0.15, -0.1) is 10.2 Å². The molecule has 238 valence electrons. The van der Waals surface area contributed by atoms with Crippen LogP contribution in [-0.2, 0) is 20.9 Å². The SMILES string of the molecule is COc1ccc2c(c1)cc(-c1nnc(C)o1)n2-c1ccc(CNC(=O)C2(N)CC2)cc1.O=C(CC(F)(F)F)NC1(C(=O)O)CC1. The third-order valence-electron chi connectivity index (χ3n) is 7.54. The van der Waals surface area contributed by atoms with E-state index in [2.05, 4.69) is 20.1 Å². The van der Waals surface area contributed by atoms with Crippen molar-refractivity contribution in [3.63, 3.8) is 0 Å². The van der Waals surface area contributed by atoms with Gasteiger partial charge in [-0.25, -0.2) is 4.79 Å². The minimum absolute atomic E-state index is 0.0871. The number of carbonyl (C=O) groups is 3. The molecule has 6 rings (SSSR count). The average molecular weight is 629 g/mol. The standard InChI is InChI=1S/C23H23N5O3.C7H8F3NO3/c1-14-26-27-21(31-14)20-12-16-11-18(30-2)7-8-19(16)28(20)17-5-3-15(4-6-17)13-25-22(29)23(24)9-10-23;8-7(9,10)3-4(12)11-6(1-2-6)5(13)14/h3-8,11-12H,9-10,13,24H2,1-2H3,(H,25,29);1-3H2,(H,11,12)(H,13,14). The van der Waals surface area contributed by atoms with Crippen LogP contribution in [0.15, 0.2) is 52.9 Å². The summed E-state index contributed by atoms with van der Waals surface area (Å²) in [5, 5.41) is 22.5. The molecule has 2 fully saturated rings. The van der Waals surface area contributed by atoms with Crippen molar-refractivity contribution in [3.05, 3.63) is 60.0 Å². The smallest absolute Gasteiger partial charge is 0.397 e. The fourth-order valence-electron chi connectivity index (χ4n) is 4.65. The number of ether oxygens (including phenoxy) is 1. The molecular formula is C30H31F3N6O6. The number of carboxylic acid groups (broad SMARTS) is 1. The van der Waals surface area contributed by atoms with Gasteiger partial charge in [-0.1, -0.05) is 12.1 Å². The van der Waals surface area contributed by atoms with Crippen molar-refractivity contribution >= 4 is 28.7 Å². The second-order valence-corrected chi connectivity index (χ2v) is 11.1. The van der Waals surface area contributed by atoms with Crippen molar-refractivity contribution in [2.24, 2.45) is 5.73 Å². The van der Waals surface area contributed by atoms with Gasteiger partial charge in [0.2, 0.25) is 17.7 Å². The number of hydrogen-bond donors (Lipinski definition) is 4. The van der Waals surface area contributed by atoms with Crippen LogP contribution in [0.5, 0.6) is 5.75 Å². The summed E-state index contributed by atoms with van der Waals surface area (Å²) in [4.78, 5) is 33.3. The minimum atomic E-state index is -4.60. The maximum Gasteiger partial charge on any atom is 0.397 e. The van der Waals surface area contributed by atoms with E-state index in [4.69, 9.17) is 20.0 Å². The third-order valence-corrected chi connectivity index (χ3v) is 7.54. The quantitative estimate of drug-likeness (QED) is 0.215. The summed E-state index contributed by atoms with van der Waals surface area (Å²) in [6.07, 6.45) is -4.36. The summed E-state index contributed by atoms with van der Waals surface area (Å²) in [5.74, 6) is -0.941. The number of alkyl halides is 3. The zero-order valence-corrected chi connectivity index (χ0v) is 24.4. The lowest BCUT2D eigenvalue weighted by molar-refractivity contribution is -0.157. The van der Waals surface area contributed by atoms with E-state index in [0.717, 1.165) is 46.4 Å². The number of hydrogen-bond acceptors (Lipinski definition) is 8. The van der Waals surface area contributed by atoms with Crippen LogP contribution < -0.4 is 21.1 Å². The second kappa shape index (κ2) is 11.9. The normalized spacial score (nSPS) is 15.9. The van der Waals surface area contributed by atoms with Crippen molar-refractivity contribution in [3.8, 4) is 23.0 Å². The van der Waals surface area contributed by atoms with Gasteiger partial charge in [0.15, 0.2) is 0 Å². The van der Waals surface area contributed by atoms with Gasteiger partial charge >= 0.3 is 12.1 Å². The molecule has 2 amide bonds. The molecule has 5 N–H and O–H groups in total. The van der Waals surface area contributed by atoms with E-state index in [1.807, 2.05) is 53.8 Å². The number of rotatable bonds is 9. The predicted octanol–water partition coefficient (Wildman–Crippen LogP) is 3.78. The lowest BCUT2D eigenvalue weighted by Crippen LogP contribution is -2.44. The molecule has 2 aromatic carbocycles. The summed E-state index contributed by atoms with van der Waals surface area (Å²) in [6.45, 7) is 2.21. The summed E-state index contributed by atoms with van der Waals surface area (Å²) in [5.41, 5.74) is 7.56. The second-order valence-electron chi connectivity index (χ2n) is 11.1. The largest absolute Gasteiger partial charge is 0.497 e. The van der Waals surface area contributed by atoms with Gasteiger partial charge in [0.05, 0.1) is 18.2 Å². The number of fused-ring (bicyclic) bond motifs is 1. The number of nitrogens with one attached hydrogen (secondary N) is 2. The molecular weight excluding hydrogens is 597 g/mol. The van der Waals surface area contributed by atoms with E-state index >= 15 is 0 Å². The highest BCUT2D eigenvalue weighted by atomic mass is 19.4. The summed E-state index contributed by atoms with van der Waals surface area (Å²) in [6, 6.07) is 15.9. The molecule has 2 saturated carbocycles. The van der Waals surface area contributed by atoms with Crippen molar-refractivity contribution in [2.75, 3.05) is 7.11 Å². The Bertz CT molecular complexity index is 1740. The molecule has 45 heavy (non-hydrogen) atoms. The average Bonchev–Trinajstić information content (AvgIpc) is 3.85. The molecule has 0 saturated heterocycles. The summed E-state index contributed by atoms with van der Waals surface area (Å²) >= 11 is 0. The lowest BCUT2D eigenvalue weighted by atomic mass is 10.2. The van der Waals surface area contributed by atoms with Crippen molar-refractivity contribution in [2.45, 2.75) is 62.8 Å². The van der Waals surface area contributed by atoms with Crippen molar-refractivity contribution < 1.29 is 41.8 Å². The number of amides is 2. The van der Waals surface area contributed by atoms with E-state index in [0.29, 0.717) is 18.3 Å². The maximum atomic E-state index is 12.1. The number of halogens is 3. The Kier molecular flexibility index (Phi) is 8.31. The van der Waals surface area contributed by atoms with Crippen LogP contribution in [-0.4, -0.2) is 62.0 Å². The Balaban J connectivity index is 0.000000241. The highest BCUT2D eigenvalue weighted by Crippen LogP contribution is 2.36. The molecule has 2 aliphatic carbocycles. The number of carbonyl (C=O) groups excluding carboxylic acids is 2. The molecule has 2 aliphatic rings. The molecule has 2 aromatic heterocycles. The number of aliphatic carboxylic acids is 1. The van der Waals surface area contributed by atoms with Crippen LogP contribution in [0.2, 0.25) is 0 Å². The summed E-state index contributed by atoms with van der Waals surface area (Å²) < 4.78 is 48.2. The topological polar surface area (TPSA) is 175 Å². The fourth-order valence-corrected chi connectivity index (χ4v) is 4.65. The van der Waals surface area contributed by atoms with E-state index in [-0.39, 0.29) is 18.7 Å². The minimum Gasteiger partial charge on any atom is -0.497 e. The summed E-state index contributed by atoms with van der Waals surface area (Å²) in [7, 11) is 1.65. The molecule has 2 heterocycles. The van der Waals surface area contributed by atoms with Gasteiger partial charge in [0.1, 0.15) is 23.4 Å². The highest BCUT2D eigenvalue weighted by molar-refractivity contribution is 5.90. The number of aromatic nitrogens is 3. The van der Waals surface area contributed by atoms with Crippen LogP contribution >= 0.6 is 0 Å². The van der Waals surface area contributed by atoms with Crippen molar-refractivity contribution in [1.82, 2.24) is 25.4 Å². The first-order valence-electron chi connectivity index (χ1n) is 14.0. The Morgan fingerprint density at radius 3 is 2.29 bits per heavy atom. The van der Waals surface area contributed by atoms with E-state index < -0.39 is 35.6 Å². The first kappa shape index (κ1) is 31.5. The molecule has 4 aromatic rings.